The molecule has 3 rings (SSSR count). The zero-order valence-electron chi connectivity index (χ0n) is 9.08. The van der Waals surface area contributed by atoms with Gasteiger partial charge in [-0.15, -0.1) is 0 Å². The molecule has 0 radical (unpaired) electrons. The van der Waals surface area contributed by atoms with Crippen LogP contribution in [0.25, 0.3) is 0 Å². The van der Waals surface area contributed by atoms with Crippen LogP contribution in [0, 0.1) is 0 Å². The summed E-state index contributed by atoms with van der Waals surface area (Å²) in [6, 6.07) is 0.600. The average molecular weight is 241 g/mol. The molecular weight excluding hydrogens is 229 g/mol. The van der Waals surface area contributed by atoms with Crippen molar-refractivity contribution in [2.75, 3.05) is 5.73 Å². The fraction of sp³-hybridized carbons (Fsp3) is 0.600. The van der Waals surface area contributed by atoms with E-state index in [2.05, 4.69) is 4.98 Å². The predicted octanol–water partition coefficient (Wildman–Crippen LogP) is -0.763. The third-order valence-electron chi connectivity index (χ3n) is 3.48. The molecule has 3 unspecified atom stereocenters. The zero-order valence-corrected chi connectivity index (χ0v) is 9.08. The minimum atomic E-state index is -1.89. The molecule has 5 atom stereocenters. The second-order valence-corrected chi connectivity index (χ2v) is 4.52. The summed E-state index contributed by atoms with van der Waals surface area (Å²) in [4.78, 5) is 15.1. The third kappa shape index (κ3) is 1.20. The van der Waals surface area contributed by atoms with Gasteiger partial charge in [0.1, 0.15) is 24.1 Å². The molecule has 0 amide bonds. The highest BCUT2D eigenvalue weighted by atomic mass is 19.1. The summed E-state index contributed by atoms with van der Waals surface area (Å²) >= 11 is 0. The van der Waals surface area contributed by atoms with Gasteiger partial charge < -0.3 is 15.6 Å². The number of alkyl halides is 1. The topological polar surface area (TPSA) is 90.4 Å². The molecule has 6 nitrogen and oxygen atoms in total. The largest absolute Gasteiger partial charge is 0.387 e. The molecular formula is C10H12FN3O3. The number of hydrogen-bond acceptors (Lipinski definition) is 5. The molecule has 1 aromatic heterocycles. The van der Waals surface area contributed by atoms with E-state index in [-0.39, 0.29) is 5.82 Å². The number of fused-ring (bicyclic) bond motifs is 1. The maximum atomic E-state index is 14.4. The summed E-state index contributed by atoms with van der Waals surface area (Å²) in [5.74, 6) is 0.0832. The number of nitrogen functional groups attached to an aromatic ring is 1. The number of aromatic nitrogens is 2. The van der Waals surface area contributed by atoms with Gasteiger partial charge in [0, 0.05) is 6.20 Å². The maximum absolute atomic E-state index is 14.4. The van der Waals surface area contributed by atoms with Gasteiger partial charge in [-0.1, -0.05) is 0 Å². The fourth-order valence-electron chi connectivity index (χ4n) is 2.51. The predicted molar refractivity (Wildman–Crippen MR) is 56.1 cm³/mol. The molecule has 3 N–H and O–H groups in total. The van der Waals surface area contributed by atoms with Gasteiger partial charge >= 0.3 is 5.69 Å². The Labute approximate surface area is 95.8 Å². The number of nitrogens with zero attached hydrogens (tertiary/aromatic N) is 2. The summed E-state index contributed by atoms with van der Waals surface area (Å²) in [6.07, 6.45) is -1.19. The van der Waals surface area contributed by atoms with E-state index in [1.54, 1.807) is 6.92 Å². The Morgan fingerprint density at radius 1 is 1.71 bits per heavy atom. The standard InChI is InChI=1S/C10H12FN3O3/c1-4-7(15)10(11)6(8(10)17-4)14-3-2-5(12)13-9(14)16/h2-4,6-8,15H,1H3,(H2,12,13,16)/t4?,6-,7+,8?,10?/m1/s1. The van der Waals surface area contributed by atoms with E-state index in [1.807, 2.05) is 0 Å². The number of aliphatic hydroxyl groups is 1. The number of rotatable bonds is 1. The van der Waals surface area contributed by atoms with Crippen molar-refractivity contribution in [3.63, 3.8) is 0 Å². The Morgan fingerprint density at radius 3 is 2.94 bits per heavy atom. The van der Waals surface area contributed by atoms with Gasteiger partial charge in [-0.25, -0.2) is 9.18 Å². The number of aliphatic hydroxyl groups excluding tert-OH is 1. The molecule has 2 fully saturated rings. The lowest BCUT2D eigenvalue weighted by Gasteiger charge is -2.18. The van der Waals surface area contributed by atoms with Crippen LogP contribution in [0.5, 0.6) is 0 Å². The summed E-state index contributed by atoms with van der Waals surface area (Å²) in [7, 11) is 0. The van der Waals surface area contributed by atoms with Crippen molar-refractivity contribution < 1.29 is 14.2 Å². The Balaban J connectivity index is 1.97. The second-order valence-electron chi connectivity index (χ2n) is 4.52. The molecule has 2 aliphatic rings. The molecule has 0 bridgehead atoms. The van der Waals surface area contributed by atoms with Crippen LogP contribution in [0.2, 0.25) is 0 Å². The molecule has 7 heteroatoms. The van der Waals surface area contributed by atoms with Crippen molar-refractivity contribution in [3.8, 4) is 0 Å². The van der Waals surface area contributed by atoms with Gasteiger partial charge in [-0.2, -0.15) is 4.98 Å². The van der Waals surface area contributed by atoms with E-state index in [1.165, 1.54) is 12.3 Å². The monoisotopic (exact) mass is 241 g/mol. The normalized spacial score (nSPS) is 43.5. The molecule has 92 valence electrons. The molecule has 1 aliphatic carbocycles. The van der Waals surface area contributed by atoms with Gasteiger partial charge in [0.05, 0.1) is 6.10 Å². The molecule has 0 spiro atoms. The van der Waals surface area contributed by atoms with Gasteiger partial charge in [-0.05, 0) is 13.0 Å². The highest BCUT2D eigenvalue weighted by Gasteiger charge is 2.78. The lowest BCUT2D eigenvalue weighted by Crippen LogP contribution is -2.36. The number of halogens is 1. The van der Waals surface area contributed by atoms with Gasteiger partial charge in [0.25, 0.3) is 0 Å². The van der Waals surface area contributed by atoms with Crippen LogP contribution in [0.4, 0.5) is 10.2 Å². The highest BCUT2D eigenvalue weighted by Crippen LogP contribution is 2.60. The minimum Gasteiger partial charge on any atom is -0.387 e. The summed E-state index contributed by atoms with van der Waals surface area (Å²) in [6.45, 7) is 1.60. The smallest absolute Gasteiger partial charge is 0.349 e. The van der Waals surface area contributed by atoms with Crippen LogP contribution < -0.4 is 11.4 Å². The number of hydrogen-bond donors (Lipinski definition) is 2. The first-order valence-electron chi connectivity index (χ1n) is 5.33. The van der Waals surface area contributed by atoms with E-state index in [9.17, 15) is 14.3 Å². The number of anilines is 1. The first-order chi connectivity index (χ1) is 7.96. The fourth-order valence-corrected chi connectivity index (χ4v) is 2.51. The lowest BCUT2D eigenvalue weighted by molar-refractivity contribution is -0.0127. The highest BCUT2D eigenvalue weighted by molar-refractivity contribution is 5.30. The van der Waals surface area contributed by atoms with Crippen LogP contribution >= 0.6 is 0 Å². The Hall–Kier alpha value is -1.47. The summed E-state index contributed by atoms with van der Waals surface area (Å²) in [5.41, 5.74) is 2.83. The Bertz CT molecular complexity index is 534. The average Bonchev–Trinajstić information content (AvgIpc) is 2.76. The SMILES string of the molecule is CC1OC2[C@@H](n3ccc(N)nc3=O)C2(F)[C@H]1O. The van der Waals surface area contributed by atoms with Crippen molar-refractivity contribution in [1.29, 1.82) is 0 Å². The minimum absolute atomic E-state index is 0.0832. The molecule has 1 saturated carbocycles. The van der Waals surface area contributed by atoms with Crippen LogP contribution in [0.15, 0.2) is 17.1 Å². The molecule has 2 heterocycles. The van der Waals surface area contributed by atoms with Crippen molar-refractivity contribution in [1.82, 2.24) is 9.55 Å². The van der Waals surface area contributed by atoms with Gasteiger partial charge in [0.2, 0.25) is 0 Å². The summed E-state index contributed by atoms with van der Waals surface area (Å²) < 4.78 is 20.7. The molecule has 1 aromatic rings. The van der Waals surface area contributed by atoms with Gasteiger partial charge in [-0.3, -0.25) is 4.57 Å². The van der Waals surface area contributed by atoms with E-state index in [4.69, 9.17) is 10.5 Å². The van der Waals surface area contributed by atoms with E-state index >= 15 is 0 Å². The van der Waals surface area contributed by atoms with Crippen LogP contribution in [0.1, 0.15) is 13.0 Å². The van der Waals surface area contributed by atoms with E-state index in [0.717, 1.165) is 4.57 Å². The molecule has 0 aromatic carbocycles. The Morgan fingerprint density at radius 2 is 2.41 bits per heavy atom. The van der Waals surface area contributed by atoms with Crippen LogP contribution in [-0.2, 0) is 4.74 Å². The van der Waals surface area contributed by atoms with E-state index < -0.39 is 35.7 Å². The third-order valence-corrected chi connectivity index (χ3v) is 3.48. The van der Waals surface area contributed by atoms with Crippen molar-refractivity contribution >= 4 is 5.82 Å². The first kappa shape index (κ1) is 10.7. The van der Waals surface area contributed by atoms with Crippen LogP contribution in [0.3, 0.4) is 0 Å². The maximum Gasteiger partial charge on any atom is 0.349 e. The number of ether oxygens (including phenoxy) is 1. The first-order valence-corrected chi connectivity index (χ1v) is 5.33. The molecule has 1 saturated heterocycles. The van der Waals surface area contributed by atoms with Crippen molar-refractivity contribution in [2.24, 2.45) is 0 Å². The second kappa shape index (κ2) is 3.05. The molecule has 1 aliphatic heterocycles. The van der Waals surface area contributed by atoms with Gasteiger partial charge in [0.15, 0.2) is 5.67 Å². The Kier molecular flexibility index (Phi) is 1.91. The lowest BCUT2D eigenvalue weighted by atomic mass is 10.1. The van der Waals surface area contributed by atoms with Crippen molar-refractivity contribution in [2.45, 2.75) is 36.9 Å². The summed E-state index contributed by atoms with van der Waals surface area (Å²) in [5, 5.41) is 9.68. The van der Waals surface area contributed by atoms with E-state index in [0.29, 0.717) is 0 Å². The number of nitrogens with two attached hydrogens (primary N) is 1. The zero-order chi connectivity index (χ0) is 12.4. The van der Waals surface area contributed by atoms with Crippen molar-refractivity contribution in [3.05, 3.63) is 22.7 Å². The van der Waals surface area contributed by atoms with Crippen LogP contribution in [-0.4, -0.2) is 38.6 Å². The molecule has 17 heavy (non-hydrogen) atoms. The quantitative estimate of drug-likeness (QED) is 0.674.